The number of aldehydes is 1. The monoisotopic (exact) mass is 498 g/mol. The van der Waals surface area contributed by atoms with E-state index in [1.165, 1.54) is 6.92 Å². The number of carbonyl (C=O) groups is 4. The van der Waals surface area contributed by atoms with Gasteiger partial charge in [0.1, 0.15) is 12.3 Å². The molecule has 0 heterocycles. The van der Waals surface area contributed by atoms with E-state index in [9.17, 15) is 19.2 Å². The lowest BCUT2D eigenvalue weighted by atomic mass is 10.1. The smallest absolute Gasteiger partial charge is 0.320 e. The number of rotatable bonds is 8. The number of carboxylic acid groups (broad SMARTS) is 2. The maximum Gasteiger partial charge on any atom is 0.320 e. The summed E-state index contributed by atoms with van der Waals surface area (Å²) in [5.41, 5.74) is 12.4. The molecule has 0 aliphatic rings. The molecule has 10 heteroatoms. The average molecular weight is 499 g/mol. The number of anilines is 1. The van der Waals surface area contributed by atoms with E-state index in [1.807, 2.05) is 42.5 Å². The number of hydrogen-bond donors (Lipinski definition) is 6. The van der Waals surface area contributed by atoms with Crippen LogP contribution in [0.5, 0.6) is 0 Å². The lowest BCUT2D eigenvalue weighted by Crippen LogP contribution is -2.30. The summed E-state index contributed by atoms with van der Waals surface area (Å²) in [7, 11) is 0. The first-order valence-electron chi connectivity index (χ1n) is 10.9. The lowest BCUT2D eigenvalue weighted by Gasteiger charge is -2.02. The second kappa shape index (κ2) is 17.3. The van der Waals surface area contributed by atoms with Crippen molar-refractivity contribution in [1.82, 2.24) is 6.15 Å². The number of aliphatic carboxylic acids is 2. The highest BCUT2D eigenvalue weighted by atomic mass is 16.4. The van der Waals surface area contributed by atoms with Crippen molar-refractivity contribution in [3.63, 3.8) is 0 Å². The van der Waals surface area contributed by atoms with Crippen LogP contribution in [0.4, 0.5) is 5.69 Å². The van der Waals surface area contributed by atoms with Gasteiger partial charge in [-0.1, -0.05) is 42.5 Å². The van der Waals surface area contributed by atoms with Gasteiger partial charge in [0.15, 0.2) is 0 Å². The van der Waals surface area contributed by atoms with E-state index in [1.54, 1.807) is 24.3 Å². The molecule has 10 N–H and O–H groups in total. The van der Waals surface area contributed by atoms with Crippen molar-refractivity contribution < 1.29 is 29.4 Å². The molecule has 36 heavy (non-hydrogen) atoms. The molecule has 194 valence electrons. The van der Waals surface area contributed by atoms with Crippen molar-refractivity contribution in [1.29, 1.82) is 0 Å². The quantitative estimate of drug-likeness (QED) is 0.251. The molecule has 0 aliphatic carbocycles. The molecule has 10 nitrogen and oxygen atoms in total. The predicted octanol–water partition coefficient (Wildman–Crippen LogP) is 3.22. The Balaban J connectivity index is 0.000000517. The molecule has 1 amide bonds. The lowest BCUT2D eigenvalue weighted by molar-refractivity contribution is -0.139. The summed E-state index contributed by atoms with van der Waals surface area (Å²) in [6.45, 7) is 1.94. The molecule has 0 aromatic heterocycles. The molecule has 0 saturated carbocycles. The maximum atomic E-state index is 10.6. The van der Waals surface area contributed by atoms with Gasteiger partial charge in [0, 0.05) is 18.2 Å². The topological polar surface area (TPSA) is 208 Å². The summed E-state index contributed by atoms with van der Waals surface area (Å²) >= 11 is 0. The molecule has 0 bridgehead atoms. The fourth-order valence-corrected chi connectivity index (χ4v) is 2.83. The number of fused-ring (bicyclic) bond motifs is 1. The minimum absolute atomic E-state index is 0. The second-order valence-corrected chi connectivity index (χ2v) is 7.55. The average Bonchev–Trinajstić information content (AvgIpc) is 2.83. The van der Waals surface area contributed by atoms with Crippen molar-refractivity contribution in [3.8, 4) is 0 Å². The Morgan fingerprint density at radius 2 is 1.58 bits per heavy atom. The van der Waals surface area contributed by atoms with Gasteiger partial charge >= 0.3 is 11.9 Å². The Hall–Kier alpha value is -4.12. The second-order valence-electron chi connectivity index (χ2n) is 7.55. The highest BCUT2D eigenvalue weighted by Crippen LogP contribution is 2.15. The molecule has 3 aromatic rings. The van der Waals surface area contributed by atoms with E-state index in [0.29, 0.717) is 30.6 Å². The van der Waals surface area contributed by atoms with Crippen LogP contribution in [0, 0.1) is 0 Å². The van der Waals surface area contributed by atoms with Crippen LogP contribution in [0.15, 0.2) is 66.7 Å². The number of amides is 1. The van der Waals surface area contributed by atoms with Crippen LogP contribution in [-0.2, 0) is 20.8 Å². The maximum absolute atomic E-state index is 10.6. The summed E-state index contributed by atoms with van der Waals surface area (Å²) in [6, 6.07) is 19.6. The number of carbonyl (C=O) groups excluding carboxylic acids is 2. The first-order chi connectivity index (χ1) is 16.7. The summed E-state index contributed by atoms with van der Waals surface area (Å²) in [6.07, 6.45) is 1.99. The number of hydrogen-bond acceptors (Lipinski definition) is 7. The third kappa shape index (κ3) is 12.9. The van der Waals surface area contributed by atoms with E-state index in [-0.39, 0.29) is 18.5 Å². The Labute approximate surface area is 209 Å². The minimum Gasteiger partial charge on any atom is -0.481 e. The van der Waals surface area contributed by atoms with Gasteiger partial charge in [-0.05, 0) is 60.0 Å². The van der Waals surface area contributed by atoms with Gasteiger partial charge in [0.25, 0.3) is 0 Å². The molecule has 0 aliphatic heterocycles. The zero-order valence-corrected chi connectivity index (χ0v) is 20.2. The highest BCUT2D eigenvalue weighted by molar-refractivity contribution is 5.89. The van der Waals surface area contributed by atoms with Crippen LogP contribution in [0.3, 0.4) is 0 Å². The zero-order valence-electron chi connectivity index (χ0n) is 20.2. The van der Waals surface area contributed by atoms with E-state index in [0.717, 1.165) is 22.6 Å². The fourth-order valence-electron chi connectivity index (χ4n) is 2.83. The number of nitrogens with one attached hydrogen (secondary N) is 1. The molecular weight excluding hydrogens is 464 g/mol. The molecule has 1 atom stereocenters. The number of carboxylic acids is 2. The van der Waals surface area contributed by atoms with Crippen LogP contribution in [0.25, 0.3) is 10.8 Å². The van der Waals surface area contributed by atoms with Gasteiger partial charge < -0.3 is 33.1 Å². The van der Waals surface area contributed by atoms with Gasteiger partial charge in [-0.25, -0.2) is 0 Å². The summed E-state index contributed by atoms with van der Waals surface area (Å²) in [4.78, 5) is 41.4. The van der Waals surface area contributed by atoms with Gasteiger partial charge in [-0.15, -0.1) is 0 Å². The largest absolute Gasteiger partial charge is 0.481 e. The Kier molecular flexibility index (Phi) is 15.4. The van der Waals surface area contributed by atoms with Crippen molar-refractivity contribution in [3.05, 3.63) is 77.9 Å². The SMILES string of the molecule is CC(=O)Nc1ccc(C=O)cc1.N.NCCC[C@H](N)C(=O)O.O=C(O)Cc1ccc2ccccc2c1. The first kappa shape index (κ1) is 31.9. The van der Waals surface area contributed by atoms with Crippen molar-refractivity contribution in [2.45, 2.75) is 32.2 Å². The molecule has 0 spiro atoms. The minimum atomic E-state index is -0.955. The third-order valence-electron chi connectivity index (χ3n) is 4.57. The first-order valence-corrected chi connectivity index (χ1v) is 10.9. The van der Waals surface area contributed by atoms with Crippen LogP contribution >= 0.6 is 0 Å². The van der Waals surface area contributed by atoms with Crippen LogP contribution < -0.4 is 22.9 Å². The summed E-state index contributed by atoms with van der Waals surface area (Å²) in [5, 5.41) is 21.7. The number of nitrogens with two attached hydrogens (primary N) is 2. The van der Waals surface area contributed by atoms with Crippen LogP contribution in [0.1, 0.15) is 35.7 Å². The molecular formula is C26H34N4O6. The summed E-state index contributed by atoms with van der Waals surface area (Å²) in [5.74, 6) is -1.86. The van der Waals surface area contributed by atoms with Gasteiger partial charge in [-0.3, -0.25) is 19.2 Å². The van der Waals surface area contributed by atoms with Gasteiger partial charge in [0.2, 0.25) is 5.91 Å². The molecule has 0 radical (unpaired) electrons. The summed E-state index contributed by atoms with van der Waals surface area (Å²) < 4.78 is 0. The van der Waals surface area contributed by atoms with Crippen molar-refractivity contribution in [2.24, 2.45) is 11.5 Å². The van der Waals surface area contributed by atoms with Gasteiger partial charge in [-0.2, -0.15) is 0 Å². The standard InChI is InChI=1S/C12H10O2.C9H9NO2.C5H12N2O2.H3N/c13-12(14)8-9-5-6-10-3-1-2-4-11(10)7-9;1-7(12)10-9-4-2-8(6-11)3-5-9;6-3-1-2-4(7)5(8)9;/h1-7H,8H2,(H,13,14);2-6H,1H3,(H,10,12);4H,1-3,6-7H2,(H,8,9);1H3/t;;4-;/m..0./s1. The molecule has 0 unspecified atom stereocenters. The predicted molar refractivity (Wildman–Crippen MR) is 140 cm³/mol. The van der Waals surface area contributed by atoms with E-state index in [2.05, 4.69) is 5.32 Å². The Bertz CT molecular complexity index is 1120. The van der Waals surface area contributed by atoms with Crippen molar-refractivity contribution in [2.75, 3.05) is 11.9 Å². The van der Waals surface area contributed by atoms with Crippen molar-refractivity contribution >= 4 is 40.6 Å². The highest BCUT2D eigenvalue weighted by Gasteiger charge is 2.08. The van der Waals surface area contributed by atoms with Crippen LogP contribution in [0.2, 0.25) is 0 Å². The fraction of sp³-hybridized carbons (Fsp3) is 0.231. The van der Waals surface area contributed by atoms with E-state index < -0.39 is 18.0 Å². The zero-order chi connectivity index (χ0) is 26.2. The van der Waals surface area contributed by atoms with Gasteiger partial charge in [0.05, 0.1) is 6.42 Å². The Morgan fingerprint density at radius 3 is 2.08 bits per heavy atom. The normalized spacial score (nSPS) is 10.3. The number of benzene rings is 3. The third-order valence-corrected chi connectivity index (χ3v) is 4.57. The molecule has 3 aromatic carbocycles. The Morgan fingerprint density at radius 1 is 0.972 bits per heavy atom. The van der Waals surface area contributed by atoms with E-state index in [4.69, 9.17) is 21.7 Å². The molecule has 0 fully saturated rings. The molecule has 3 rings (SSSR count). The van der Waals surface area contributed by atoms with Crippen LogP contribution in [-0.4, -0.2) is 46.9 Å². The van der Waals surface area contributed by atoms with E-state index >= 15 is 0 Å². The molecule has 0 saturated heterocycles.